The molecule has 228 valence electrons. The highest BCUT2D eigenvalue weighted by Crippen LogP contribution is 2.41. The number of ether oxygens (including phenoxy) is 1. The second-order valence-corrected chi connectivity index (χ2v) is 14.5. The first-order valence-corrected chi connectivity index (χ1v) is 16.8. The number of nitrogens with zero attached hydrogens (tertiary/aromatic N) is 1. The van der Waals surface area contributed by atoms with E-state index in [1.807, 2.05) is 30.3 Å². The molecule has 1 aromatic heterocycles. The van der Waals surface area contributed by atoms with Crippen molar-refractivity contribution in [2.75, 3.05) is 6.54 Å². The molecule has 2 aliphatic carbocycles. The number of esters is 1. The molecule has 2 saturated carbocycles. The Morgan fingerprint density at radius 2 is 1.70 bits per heavy atom. The van der Waals surface area contributed by atoms with Gasteiger partial charge in [-0.05, 0) is 54.5 Å². The molecule has 1 unspecified atom stereocenters. The summed E-state index contributed by atoms with van der Waals surface area (Å²) >= 11 is 0.948. The fourth-order valence-electron chi connectivity index (χ4n) is 4.82. The summed E-state index contributed by atoms with van der Waals surface area (Å²) in [6.45, 7) is -0.157. The number of halogens is 1. The van der Waals surface area contributed by atoms with E-state index in [4.69, 9.17) is 4.74 Å². The second-order valence-electron chi connectivity index (χ2n) is 11.1. The summed E-state index contributed by atoms with van der Waals surface area (Å²) in [6, 6.07) is 19.1. The van der Waals surface area contributed by atoms with Gasteiger partial charge in [0.05, 0.1) is 28.4 Å². The van der Waals surface area contributed by atoms with E-state index in [1.165, 1.54) is 12.1 Å². The van der Waals surface area contributed by atoms with Gasteiger partial charge in [0.2, 0.25) is 11.8 Å². The maximum absolute atomic E-state index is 15.3. The summed E-state index contributed by atoms with van der Waals surface area (Å²) < 4.78 is 47.7. The van der Waals surface area contributed by atoms with Gasteiger partial charge < -0.3 is 15.4 Å². The molecule has 1 atom stereocenters. The summed E-state index contributed by atoms with van der Waals surface area (Å²) in [4.78, 5) is 42.1. The summed E-state index contributed by atoms with van der Waals surface area (Å²) in [5.74, 6) is -2.12. The van der Waals surface area contributed by atoms with E-state index in [0.29, 0.717) is 34.2 Å². The van der Waals surface area contributed by atoms with Gasteiger partial charge in [-0.1, -0.05) is 54.6 Å². The number of benzene rings is 3. The van der Waals surface area contributed by atoms with Crippen LogP contribution in [0.1, 0.15) is 47.1 Å². The van der Waals surface area contributed by atoms with Gasteiger partial charge in [-0.15, -0.1) is 11.3 Å². The molecule has 3 aromatic carbocycles. The van der Waals surface area contributed by atoms with Gasteiger partial charge >= 0.3 is 5.97 Å². The Balaban J connectivity index is 1.18. The monoisotopic (exact) mass is 635 g/mol. The van der Waals surface area contributed by atoms with Crippen LogP contribution in [0, 0.1) is 5.82 Å². The number of thiazole rings is 1. The zero-order valence-electron chi connectivity index (χ0n) is 23.6. The number of sulfone groups is 1. The zero-order chi connectivity index (χ0) is 30.8. The predicted molar refractivity (Wildman–Crippen MR) is 164 cm³/mol. The number of carbonyl (C=O) groups excluding carboxylic acids is 3. The molecule has 1 heterocycles. The Morgan fingerprint density at radius 3 is 2.39 bits per heavy atom. The average Bonchev–Trinajstić information content (AvgIpc) is 3.94. The standard InChI is InChI=1S/C32H30FN3O6S2/c33-25-16-27-26(15-24(25)21-8-6-19(7-9-21)14-29(38)42-18-20-4-2-1-3-5-20)36-32(43-27)30(44(40,41)23-12-13-23)31(39)34-17-28(37)35-22-10-11-22/h1-9,15-16,22-23,30H,10-14,17-18H2,(H,34,39)(H,35,37). The van der Waals surface area contributed by atoms with Crippen molar-refractivity contribution in [3.8, 4) is 11.1 Å². The van der Waals surface area contributed by atoms with Gasteiger partial charge in [0, 0.05) is 11.6 Å². The van der Waals surface area contributed by atoms with Crippen LogP contribution in [0.25, 0.3) is 21.3 Å². The molecule has 2 amide bonds. The van der Waals surface area contributed by atoms with Crippen LogP contribution >= 0.6 is 11.3 Å². The van der Waals surface area contributed by atoms with Crippen molar-refractivity contribution >= 4 is 49.2 Å². The average molecular weight is 636 g/mol. The Morgan fingerprint density at radius 1 is 0.977 bits per heavy atom. The lowest BCUT2D eigenvalue weighted by Crippen LogP contribution is -2.41. The summed E-state index contributed by atoms with van der Waals surface area (Å²) in [5, 5.41) is 3.01. The Labute approximate surface area is 257 Å². The fourth-order valence-corrected chi connectivity index (χ4v) is 8.21. The molecule has 0 aliphatic heterocycles. The van der Waals surface area contributed by atoms with Crippen molar-refractivity contribution in [2.24, 2.45) is 0 Å². The van der Waals surface area contributed by atoms with Crippen LogP contribution in [-0.2, 0) is 42.0 Å². The van der Waals surface area contributed by atoms with E-state index in [-0.39, 0.29) is 48.1 Å². The first kappa shape index (κ1) is 29.9. The molecule has 12 heteroatoms. The molecule has 2 aliphatic rings. The highest BCUT2D eigenvalue weighted by atomic mass is 32.2. The third-order valence-electron chi connectivity index (χ3n) is 7.50. The largest absolute Gasteiger partial charge is 0.461 e. The molecular weight excluding hydrogens is 605 g/mol. The first-order chi connectivity index (χ1) is 21.2. The number of rotatable bonds is 12. The van der Waals surface area contributed by atoms with Crippen LogP contribution in [0.3, 0.4) is 0 Å². The highest BCUT2D eigenvalue weighted by molar-refractivity contribution is 7.93. The van der Waals surface area contributed by atoms with Crippen molar-refractivity contribution in [3.63, 3.8) is 0 Å². The molecule has 44 heavy (non-hydrogen) atoms. The van der Waals surface area contributed by atoms with Gasteiger partial charge in [0.25, 0.3) is 0 Å². The third kappa shape index (κ3) is 6.97. The molecule has 2 N–H and O–H groups in total. The molecular formula is C32H30FN3O6S2. The highest BCUT2D eigenvalue weighted by Gasteiger charge is 2.47. The van der Waals surface area contributed by atoms with E-state index in [0.717, 1.165) is 29.7 Å². The van der Waals surface area contributed by atoms with Crippen molar-refractivity contribution < 1.29 is 31.9 Å². The van der Waals surface area contributed by atoms with Crippen LogP contribution in [-0.4, -0.2) is 49.0 Å². The Kier molecular flexibility index (Phi) is 8.46. The lowest BCUT2D eigenvalue weighted by Gasteiger charge is -2.15. The summed E-state index contributed by atoms with van der Waals surface area (Å²) in [7, 11) is -3.92. The lowest BCUT2D eigenvalue weighted by molar-refractivity contribution is -0.144. The maximum atomic E-state index is 15.3. The number of carbonyl (C=O) groups is 3. The van der Waals surface area contributed by atoms with Crippen LogP contribution in [0.5, 0.6) is 0 Å². The topological polar surface area (TPSA) is 132 Å². The van der Waals surface area contributed by atoms with Crippen LogP contribution in [0.4, 0.5) is 4.39 Å². The van der Waals surface area contributed by atoms with Crippen molar-refractivity contribution in [2.45, 2.75) is 55.3 Å². The number of amides is 2. The SMILES string of the molecule is O=C(CNC(=O)C(c1nc2cc(-c3ccc(CC(=O)OCc4ccccc4)cc3)c(F)cc2s1)S(=O)(=O)C1CC1)NC1CC1. The van der Waals surface area contributed by atoms with E-state index in [9.17, 15) is 22.8 Å². The van der Waals surface area contributed by atoms with Gasteiger partial charge in [0.1, 0.15) is 17.4 Å². The normalized spacial score (nSPS) is 15.5. The summed E-state index contributed by atoms with van der Waals surface area (Å²) in [6.07, 6.45) is 2.75. The zero-order valence-corrected chi connectivity index (χ0v) is 25.3. The fraction of sp³-hybridized carbons (Fsp3) is 0.312. The van der Waals surface area contributed by atoms with Crippen LogP contribution < -0.4 is 10.6 Å². The molecule has 0 spiro atoms. The van der Waals surface area contributed by atoms with Crippen LogP contribution in [0.15, 0.2) is 66.7 Å². The molecule has 0 radical (unpaired) electrons. The molecule has 0 saturated heterocycles. The van der Waals surface area contributed by atoms with Gasteiger partial charge in [-0.3, -0.25) is 14.4 Å². The van der Waals surface area contributed by atoms with Crippen molar-refractivity contribution in [3.05, 3.63) is 88.7 Å². The van der Waals surface area contributed by atoms with Crippen molar-refractivity contribution in [1.29, 1.82) is 0 Å². The number of fused-ring (bicyclic) bond motifs is 1. The predicted octanol–water partition coefficient (Wildman–Crippen LogP) is 4.40. The van der Waals surface area contributed by atoms with E-state index in [2.05, 4.69) is 15.6 Å². The maximum Gasteiger partial charge on any atom is 0.310 e. The Bertz CT molecular complexity index is 1820. The number of hydrogen-bond donors (Lipinski definition) is 2. The molecule has 0 bridgehead atoms. The minimum absolute atomic E-state index is 0.0351. The Hall–Kier alpha value is -4.16. The minimum atomic E-state index is -3.92. The van der Waals surface area contributed by atoms with Gasteiger partial charge in [-0.25, -0.2) is 17.8 Å². The van der Waals surface area contributed by atoms with E-state index < -0.39 is 32.1 Å². The molecule has 9 nitrogen and oxygen atoms in total. The first-order valence-electron chi connectivity index (χ1n) is 14.4. The van der Waals surface area contributed by atoms with Gasteiger partial charge in [0.15, 0.2) is 15.1 Å². The number of nitrogens with one attached hydrogen (secondary N) is 2. The lowest BCUT2D eigenvalue weighted by atomic mass is 10.0. The van der Waals surface area contributed by atoms with E-state index in [1.54, 1.807) is 24.3 Å². The third-order valence-corrected chi connectivity index (χ3v) is 11.2. The molecule has 2 fully saturated rings. The van der Waals surface area contributed by atoms with Crippen molar-refractivity contribution in [1.82, 2.24) is 15.6 Å². The van der Waals surface area contributed by atoms with E-state index >= 15 is 4.39 Å². The van der Waals surface area contributed by atoms with Gasteiger partial charge in [-0.2, -0.15) is 0 Å². The second kappa shape index (κ2) is 12.4. The minimum Gasteiger partial charge on any atom is -0.461 e. The quantitative estimate of drug-likeness (QED) is 0.221. The number of aromatic nitrogens is 1. The molecule has 4 aromatic rings. The summed E-state index contributed by atoms with van der Waals surface area (Å²) in [5.41, 5.74) is 2.73. The van der Waals surface area contributed by atoms with Crippen LogP contribution in [0.2, 0.25) is 0 Å². The number of hydrogen-bond acceptors (Lipinski definition) is 8. The molecule has 6 rings (SSSR count). The smallest absolute Gasteiger partial charge is 0.310 e.